The third-order valence-electron chi connectivity index (χ3n) is 3.97. The van der Waals surface area contributed by atoms with Crippen LogP contribution in [-0.4, -0.2) is 0 Å². The lowest BCUT2D eigenvalue weighted by Crippen LogP contribution is -2.32. The van der Waals surface area contributed by atoms with Crippen LogP contribution in [0.2, 0.25) is 0 Å². The Kier molecular flexibility index (Phi) is 5.78. The van der Waals surface area contributed by atoms with Crippen molar-refractivity contribution in [3.8, 4) is 0 Å². The molecular weight excluding hydrogens is 168 g/mol. The SMILES string of the molecule is CCCCC(C)(CCCC)C(C)(C)C. The lowest BCUT2D eigenvalue weighted by molar-refractivity contribution is 0.0791. The molecule has 0 saturated heterocycles. The molecule has 0 N–H and O–H groups in total. The van der Waals surface area contributed by atoms with Crippen molar-refractivity contribution in [3.05, 3.63) is 0 Å². The summed E-state index contributed by atoms with van der Waals surface area (Å²) in [5, 5.41) is 0. The molecule has 0 aromatic carbocycles. The Morgan fingerprint density at radius 2 is 1.07 bits per heavy atom. The van der Waals surface area contributed by atoms with Crippen molar-refractivity contribution in [3.63, 3.8) is 0 Å². The summed E-state index contributed by atoms with van der Waals surface area (Å²) in [6.45, 7) is 14.3. The summed E-state index contributed by atoms with van der Waals surface area (Å²) >= 11 is 0. The molecule has 0 aliphatic rings. The molecule has 0 aliphatic carbocycles. The molecule has 0 aliphatic heterocycles. The van der Waals surface area contributed by atoms with Gasteiger partial charge in [0.05, 0.1) is 0 Å². The van der Waals surface area contributed by atoms with Gasteiger partial charge >= 0.3 is 0 Å². The molecule has 0 atom stereocenters. The molecule has 0 aromatic rings. The van der Waals surface area contributed by atoms with E-state index in [0.29, 0.717) is 10.8 Å². The smallest absolute Gasteiger partial charge is 0.0277 e. The molecule has 0 bridgehead atoms. The van der Waals surface area contributed by atoms with Crippen molar-refractivity contribution in [2.24, 2.45) is 10.8 Å². The summed E-state index contributed by atoms with van der Waals surface area (Å²) in [5.74, 6) is 0. The Morgan fingerprint density at radius 3 is 1.29 bits per heavy atom. The van der Waals surface area contributed by atoms with E-state index in [1.807, 2.05) is 0 Å². The average Bonchev–Trinajstić information content (AvgIpc) is 2.09. The van der Waals surface area contributed by atoms with Crippen molar-refractivity contribution in [2.45, 2.75) is 80.1 Å². The fraction of sp³-hybridized carbons (Fsp3) is 1.00. The molecular formula is C14H30. The first-order valence-electron chi connectivity index (χ1n) is 6.37. The quantitative estimate of drug-likeness (QED) is 0.534. The van der Waals surface area contributed by atoms with E-state index in [-0.39, 0.29) is 0 Å². The largest absolute Gasteiger partial charge is 0.0654 e. The van der Waals surface area contributed by atoms with E-state index in [9.17, 15) is 0 Å². The van der Waals surface area contributed by atoms with E-state index < -0.39 is 0 Å². The minimum atomic E-state index is 0.456. The molecule has 0 heteroatoms. The monoisotopic (exact) mass is 198 g/mol. The highest BCUT2D eigenvalue weighted by molar-refractivity contribution is 4.86. The molecule has 14 heavy (non-hydrogen) atoms. The van der Waals surface area contributed by atoms with Gasteiger partial charge in [-0.25, -0.2) is 0 Å². The highest BCUT2D eigenvalue weighted by Gasteiger charge is 2.35. The van der Waals surface area contributed by atoms with Gasteiger partial charge in [-0.05, 0) is 23.7 Å². The molecule has 0 aromatic heterocycles. The fourth-order valence-corrected chi connectivity index (χ4v) is 2.01. The number of rotatable bonds is 6. The van der Waals surface area contributed by atoms with Crippen LogP contribution in [0, 0.1) is 10.8 Å². The van der Waals surface area contributed by atoms with E-state index in [4.69, 9.17) is 0 Å². The number of hydrogen-bond donors (Lipinski definition) is 0. The van der Waals surface area contributed by atoms with Gasteiger partial charge in [-0.15, -0.1) is 0 Å². The van der Waals surface area contributed by atoms with Crippen LogP contribution < -0.4 is 0 Å². The second kappa shape index (κ2) is 5.78. The highest BCUT2D eigenvalue weighted by atomic mass is 14.4. The lowest BCUT2D eigenvalue weighted by Gasteiger charge is -2.42. The van der Waals surface area contributed by atoms with E-state index >= 15 is 0 Å². The van der Waals surface area contributed by atoms with E-state index in [1.54, 1.807) is 0 Å². The number of hydrogen-bond acceptors (Lipinski definition) is 0. The molecule has 0 heterocycles. The van der Waals surface area contributed by atoms with Crippen LogP contribution in [-0.2, 0) is 0 Å². The van der Waals surface area contributed by atoms with Crippen LogP contribution in [0.5, 0.6) is 0 Å². The Labute approximate surface area is 91.5 Å². The van der Waals surface area contributed by atoms with E-state index in [0.717, 1.165) is 0 Å². The van der Waals surface area contributed by atoms with Crippen molar-refractivity contribution < 1.29 is 0 Å². The number of unbranched alkanes of at least 4 members (excludes halogenated alkanes) is 2. The van der Waals surface area contributed by atoms with E-state index in [1.165, 1.54) is 38.5 Å². The fourth-order valence-electron chi connectivity index (χ4n) is 2.01. The Balaban J connectivity index is 4.33. The van der Waals surface area contributed by atoms with Gasteiger partial charge in [-0.3, -0.25) is 0 Å². The minimum absolute atomic E-state index is 0.456. The topological polar surface area (TPSA) is 0 Å². The average molecular weight is 198 g/mol. The zero-order valence-corrected chi connectivity index (χ0v) is 11.2. The van der Waals surface area contributed by atoms with Gasteiger partial charge in [-0.1, -0.05) is 67.2 Å². The van der Waals surface area contributed by atoms with Gasteiger partial charge in [0, 0.05) is 0 Å². The second-order valence-corrected chi connectivity index (χ2v) is 6.02. The van der Waals surface area contributed by atoms with Crippen LogP contribution in [0.15, 0.2) is 0 Å². The van der Waals surface area contributed by atoms with Gasteiger partial charge in [0.15, 0.2) is 0 Å². The van der Waals surface area contributed by atoms with Crippen LogP contribution in [0.1, 0.15) is 80.1 Å². The summed E-state index contributed by atoms with van der Waals surface area (Å²) in [4.78, 5) is 0. The van der Waals surface area contributed by atoms with E-state index in [2.05, 4.69) is 41.5 Å². The summed E-state index contributed by atoms with van der Waals surface area (Å²) in [7, 11) is 0. The molecule has 0 unspecified atom stereocenters. The Bertz CT molecular complexity index is 131. The summed E-state index contributed by atoms with van der Waals surface area (Å²) in [5.41, 5.74) is 0.996. The lowest BCUT2D eigenvalue weighted by atomic mass is 9.63. The Morgan fingerprint density at radius 1 is 0.714 bits per heavy atom. The normalized spacial score (nSPS) is 13.3. The van der Waals surface area contributed by atoms with Crippen molar-refractivity contribution in [1.82, 2.24) is 0 Å². The summed E-state index contributed by atoms with van der Waals surface area (Å²) in [6, 6.07) is 0. The van der Waals surface area contributed by atoms with Gasteiger partial charge in [-0.2, -0.15) is 0 Å². The molecule has 0 rings (SSSR count). The maximum Gasteiger partial charge on any atom is -0.0277 e. The minimum Gasteiger partial charge on any atom is -0.0654 e. The van der Waals surface area contributed by atoms with Gasteiger partial charge in [0.2, 0.25) is 0 Å². The molecule has 0 radical (unpaired) electrons. The third-order valence-corrected chi connectivity index (χ3v) is 3.97. The van der Waals surface area contributed by atoms with Gasteiger partial charge < -0.3 is 0 Å². The Hall–Kier alpha value is 0. The summed E-state index contributed by atoms with van der Waals surface area (Å²) in [6.07, 6.45) is 8.23. The van der Waals surface area contributed by atoms with Crippen molar-refractivity contribution >= 4 is 0 Å². The van der Waals surface area contributed by atoms with Crippen LogP contribution in [0.4, 0.5) is 0 Å². The van der Waals surface area contributed by atoms with Crippen molar-refractivity contribution in [1.29, 1.82) is 0 Å². The first-order chi connectivity index (χ1) is 6.37. The predicted molar refractivity (Wildman–Crippen MR) is 66.6 cm³/mol. The highest BCUT2D eigenvalue weighted by Crippen LogP contribution is 2.46. The van der Waals surface area contributed by atoms with Gasteiger partial charge in [0.1, 0.15) is 0 Å². The van der Waals surface area contributed by atoms with Gasteiger partial charge in [0.25, 0.3) is 0 Å². The molecule has 0 nitrogen and oxygen atoms in total. The van der Waals surface area contributed by atoms with Crippen LogP contribution in [0.25, 0.3) is 0 Å². The molecule has 86 valence electrons. The standard InChI is InChI=1S/C14H30/c1-7-9-11-14(6,12-10-8-2)13(3,4)5/h7-12H2,1-6H3. The maximum absolute atomic E-state index is 2.48. The molecule has 0 spiro atoms. The van der Waals surface area contributed by atoms with Crippen LogP contribution >= 0.6 is 0 Å². The predicted octanol–water partition coefficient (Wildman–Crippen LogP) is 5.42. The zero-order valence-electron chi connectivity index (χ0n) is 11.2. The second-order valence-electron chi connectivity index (χ2n) is 6.02. The van der Waals surface area contributed by atoms with Crippen LogP contribution in [0.3, 0.4) is 0 Å². The molecule has 0 amide bonds. The first-order valence-corrected chi connectivity index (χ1v) is 6.37. The first kappa shape index (κ1) is 14.0. The third kappa shape index (κ3) is 4.02. The zero-order chi connectivity index (χ0) is 11.2. The molecule has 0 fully saturated rings. The maximum atomic E-state index is 2.48. The molecule has 0 saturated carbocycles. The van der Waals surface area contributed by atoms with Crippen molar-refractivity contribution in [2.75, 3.05) is 0 Å². The summed E-state index contributed by atoms with van der Waals surface area (Å²) < 4.78 is 0.